The predicted octanol–water partition coefficient (Wildman–Crippen LogP) is 3.73. The summed E-state index contributed by atoms with van der Waals surface area (Å²) in [4.78, 5) is 37.8. The molecule has 0 aliphatic carbocycles. The van der Waals surface area contributed by atoms with Gasteiger partial charge in [0.15, 0.2) is 5.09 Å². The average molecular weight is 389 g/mol. The highest BCUT2D eigenvalue weighted by Gasteiger charge is 2.35. The van der Waals surface area contributed by atoms with Gasteiger partial charge in [0.1, 0.15) is 11.3 Å². The van der Waals surface area contributed by atoms with Crippen LogP contribution in [0.4, 0.5) is 4.79 Å². The lowest BCUT2D eigenvalue weighted by Gasteiger charge is -2.24. The van der Waals surface area contributed by atoms with Crippen molar-refractivity contribution in [3.63, 3.8) is 0 Å². The van der Waals surface area contributed by atoms with Crippen molar-refractivity contribution in [1.29, 1.82) is 0 Å². The van der Waals surface area contributed by atoms with Gasteiger partial charge in [0, 0.05) is 16.5 Å². The molecule has 8 heteroatoms. The van der Waals surface area contributed by atoms with Crippen molar-refractivity contribution in [1.82, 2.24) is 10.2 Å². The van der Waals surface area contributed by atoms with Crippen LogP contribution in [0.2, 0.25) is 5.02 Å². The first-order chi connectivity index (χ1) is 12.5. The van der Waals surface area contributed by atoms with Gasteiger partial charge in [0.2, 0.25) is 0 Å². The number of rotatable bonds is 5. The third-order valence-corrected chi connectivity index (χ3v) is 4.60. The first-order valence-electron chi connectivity index (χ1n) is 7.51. The Kier molecular flexibility index (Phi) is 5.29. The van der Waals surface area contributed by atoms with Gasteiger partial charge in [-0.25, -0.2) is 4.79 Å². The number of furan rings is 1. The minimum Gasteiger partial charge on any atom is -0.450 e. The maximum atomic E-state index is 12.3. The van der Waals surface area contributed by atoms with Crippen LogP contribution in [0, 0.1) is 0 Å². The van der Waals surface area contributed by atoms with E-state index in [1.54, 1.807) is 24.3 Å². The van der Waals surface area contributed by atoms with E-state index in [9.17, 15) is 14.4 Å². The first kappa shape index (κ1) is 18.0. The topological polar surface area (TPSA) is 79.6 Å². The molecule has 0 atom stereocenters. The molecule has 0 saturated carbocycles. The van der Waals surface area contributed by atoms with Crippen molar-refractivity contribution in [3.8, 4) is 0 Å². The number of amides is 4. The summed E-state index contributed by atoms with van der Waals surface area (Å²) in [5.74, 6) is -1.13. The Hall–Kier alpha value is -2.77. The fourth-order valence-electron chi connectivity index (χ4n) is 2.22. The number of carbonyl (C=O) groups excluding carboxylic acids is 3. The normalized spacial score (nSPS) is 16.1. The quantitative estimate of drug-likeness (QED) is 0.479. The fraction of sp³-hybridized carbons (Fsp3) is 0.0556. The zero-order chi connectivity index (χ0) is 18.7. The van der Waals surface area contributed by atoms with Crippen molar-refractivity contribution >= 4 is 47.3 Å². The molecule has 26 heavy (non-hydrogen) atoms. The van der Waals surface area contributed by atoms with E-state index in [1.807, 2.05) is 12.1 Å². The summed E-state index contributed by atoms with van der Waals surface area (Å²) in [6, 6.07) is 9.84. The van der Waals surface area contributed by atoms with Gasteiger partial charge in [-0.1, -0.05) is 29.4 Å². The van der Waals surface area contributed by atoms with Gasteiger partial charge in [0.05, 0.1) is 0 Å². The number of halogens is 1. The molecule has 0 spiro atoms. The van der Waals surface area contributed by atoms with E-state index in [0.717, 1.165) is 9.80 Å². The van der Waals surface area contributed by atoms with Crippen LogP contribution in [0.5, 0.6) is 0 Å². The van der Waals surface area contributed by atoms with Gasteiger partial charge >= 0.3 is 6.03 Å². The van der Waals surface area contributed by atoms with Gasteiger partial charge in [-0.2, -0.15) is 0 Å². The maximum absolute atomic E-state index is 12.3. The van der Waals surface area contributed by atoms with Gasteiger partial charge in [-0.3, -0.25) is 19.8 Å². The Bertz CT molecular complexity index is 918. The molecule has 1 saturated heterocycles. The van der Waals surface area contributed by atoms with Crippen LogP contribution < -0.4 is 5.32 Å². The van der Waals surface area contributed by atoms with Crippen molar-refractivity contribution in [3.05, 3.63) is 65.4 Å². The third kappa shape index (κ3) is 3.89. The summed E-state index contributed by atoms with van der Waals surface area (Å²) in [6.07, 6.45) is 2.71. The van der Waals surface area contributed by atoms with E-state index in [2.05, 4.69) is 11.9 Å². The second-order valence-electron chi connectivity index (χ2n) is 5.23. The molecular weight excluding hydrogens is 376 g/mol. The Labute approximate surface area is 158 Å². The molecular formula is C18H13ClN2O4S. The Morgan fingerprint density at radius 1 is 1.15 bits per heavy atom. The molecule has 0 bridgehead atoms. The number of benzene rings is 1. The van der Waals surface area contributed by atoms with E-state index < -0.39 is 17.8 Å². The van der Waals surface area contributed by atoms with E-state index >= 15 is 0 Å². The minimum atomic E-state index is -0.768. The Morgan fingerprint density at radius 3 is 2.58 bits per heavy atom. The van der Waals surface area contributed by atoms with Gasteiger partial charge < -0.3 is 4.42 Å². The summed E-state index contributed by atoms with van der Waals surface area (Å²) in [5, 5.41) is 3.34. The van der Waals surface area contributed by atoms with Crippen molar-refractivity contribution in [2.24, 2.45) is 0 Å². The summed E-state index contributed by atoms with van der Waals surface area (Å²) in [7, 11) is 0. The number of barbiturate groups is 1. The molecule has 1 aliphatic rings. The van der Waals surface area contributed by atoms with E-state index in [0.29, 0.717) is 15.9 Å². The molecule has 1 aromatic carbocycles. The highest BCUT2D eigenvalue weighted by molar-refractivity contribution is 7.99. The molecule has 2 heterocycles. The zero-order valence-electron chi connectivity index (χ0n) is 13.4. The standard InChI is InChI=1S/C18H13ClN2O4S/c1-2-9-21-17(23)14(16(22)20-18(21)24)10-12-5-8-15(25-12)26-13-6-3-11(19)4-7-13/h2-8,10H,1,9H2,(H,20,22,24)/b14-10-. The smallest absolute Gasteiger partial charge is 0.331 e. The monoisotopic (exact) mass is 388 g/mol. The lowest BCUT2D eigenvalue weighted by molar-refractivity contribution is -0.129. The maximum Gasteiger partial charge on any atom is 0.331 e. The molecule has 132 valence electrons. The SMILES string of the molecule is C=CCN1C(=O)NC(=O)/C(=C/c2ccc(Sc3ccc(Cl)cc3)o2)C1=O. The van der Waals surface area contributed by atoms with Crippen molar-refractivity contribution < 1.29 is 18.8 Å². The van der Waals surface area contributed by atoms with Gasteiger partial charge in [-0.15, -0.1) is 6.58 Å². The summed E-state index contributed by atoms with van der Waals surface area (Å²) in [5.41, 5.74) is -0.177. The van der Waals surface area contributed by atoms with Crippen LogP contribution in [0.25, 0.3) is 6.08 Å². The molecule has 2 aromatic rings. The molecule has 1 aliphatic heterocycles. The lowest BCUT2D eigenvalue weighted by Crippen LogP contribution is -2.54. The molecule has 0 radical (unpaired) electrons. The second-order valence-corrected chi connectivity index (χ2v) is 6.75. The van der Waals surface area contributed by atoms with Gasteiger partial charge in [-0.05, 0) is 42.5 Å². The summed E-state index contributed by atoms with van der Waals surface area (Å²) < 4.78 is 5.64. The largest absolute Gasteiger partial charge is 0.450 e. The number of nitrogens with zero attached hydrogens (tertiary/aromatic N) is 1. The highest BCUT2D eigenvalue weighted by atomic mass is 35.5. The van der Waals surface area contributed by atoms with Crippen LogP contribution in [0.1, 0.15) is 5.76 Å². The highest BCUT2D eigenvalue weighted by Crippen LogP contribution is 2.30. The van der Waals surface area contributed by atoms with Gasteiger partial charge in [0.25, 0.3) is 11.8 Å². The van der Waals surface area contributed by atoms with Crippen molar-refractivity contribution in [2.75, 3.05) is 6.54 Å². The van der Waals surface area contributed by atoms with Crippen LogP contribution in [-0.4, -0.2) is 29.3 Å². The minimum absolute atomic E-state index is 0.00507. The predicted molar refractivity (Wildman–Crippen MR) is 97.7 cm³/mol. The van der Waals surface area contributed by atoms with Crippen molar-refractivity contribution in [2.45, 2.75) is 9.99 Å². The van der Waals surface area contributed by atoms with Crippen LogP contribution >= 0.6 is 23.4 Å². The Morgan fingerprint density at radius 2 is 1.88 bits per heavy atom. The Balaban J connectivity index is 1.80. The van der Waals surface area contributed by atoms with E-state index in [-0.39, 0.29) is 12.1 Å². The molecule has 6 nitrogen and oxygen atoms in total. The molecule has 1 N–H and O–H groups in total. The van der Waals surface area contributed by atoms with Crippen LogP contribution in [0.3, 0.4) is 0 Å². The number of hydrogen-bond donors (Lipinski definition) is 1. The number of imide groups is 2. The molecule has 3 rings (SSSR count). The second kappa shape index (κ2) is 7.63. The lowest BCUT2D eigenvalue weighted by atomic mass is 10.1. The summed E-state index contributed by atoms with van der Waals surface area (Å²) in [6.45, 7) is 3.50. The van der Waals surface area contributed by atoms with Crippen LogP contribution in [0.15, 0.2) is 69.0 Å². The first-order valence-corrected chi connectivity index (χ1v) is 8.70. The molecule has 4 amide bonds. The number of nitrogens with one attached hydrogen (secondary N) is 1. The number of carbonyl (C=O) groups is 3. The van der Waals surface area contributed by atoms with E-state index in [4.69, 9.17) is 16.0 Å². The molecule has 1 aromatic heterocycles. The fourth-order valence-corrected chi connectivity index (χ4v) is 3.12. The van der Waals surface area contributed by atoms with E-state index in [1.165, 1.54) is 23.9 Å². The average Bonchev–Trinajstić information content (AvgIpc) is 3.04. The van der Waals surface area contributed by atoms with Crippen LogP contribution in [-0.2, 0) is 9.59 Å². The summed E-state index contributed by atoms with van der Waals surface area (Å²) >= 11 is 7.23. The molecule has 0 unspecified atom stereocenters. The number of urea groups is 1. The molecule has 1 fully saturated rings. The zero-order valence-corrected chi connectivity index (χ0v) is 15.0. The third-order valence-electron chi connectivity index (χ3n) is 3.42. The number of hydrogen-bond acceptors (Lipinski definition) is 5.